The molecular formula is C12H14N2O2. The van der Waals surface area contributed by atoms with Crippen molar-refractivity contribution in [2.45, 2.75) is 13.0 Å². The first-order valence-corrected chi connectivity index (χ1v) is 5.23. The van der Waals surface area contributed by atoms with Crippen LogP contribution in [0.5, 0.6) is 0 Å². The summed E-state index contributed by atoms with van der Waals surface area (Å²) in [5.41, 5.74) is 3.04. The highest BCUT2D eigenvalue weighted by Crippen LogP contribution is 2.28. The SMILES string of the molecule is C=Cc1cc2c(cc1[N+](=O)[O-])CN(C)CC2. The molecule has 1 heterocycles. The quantitative estimate of drug-likeness (QED) is 0.565. The third-order valence-electron chi connectivity index (χ3n) is 2.97. The predicted molar refractivity (Wildman–Crippen MR) is 63.2 cm³/mol. The second-order valence-electron chi connectivity index (χ2n) is 4.13. The minimum absolute atomic E-state index is 0.157. The van der Waals surface area contributed by atoms with Crippen LogP contribution < -0.4 is 0 Å². The van der Waals surface area contributed by atoms with Gasteiger partial charge in [0.05, 0.1) is 10.5 Å². The molecule has 1 aliphatic rings. The maximum atomic E-state index is 10.9. The van der Waals surface area contributed by atoms with E-state index in [0.29, 0.717) is 5.56 Å². The van der Waals surface area contributed by atoms with E-state index in [9.17, 15) is 10.1 Å². The van der Waals surface area contributed by atoms with Gasteiger partial charge >= 0.3 is 0 Å². The Morgan fingerprint density at radius 3 is 2.88 bits per heavy atom. The predicted octanol–water partition coefficient (Wildman–Crippen LogP) is 2.23. The van der Waals surface area contributed by atoms with Crippen LogP contribution in [0.2, 0.25) is 0 Å². The number of fused-ring (bicyclic) bond motifs is 1. The maximum Gasteiger partial charge on any atom is 0.276 e. The molecule has 0 saturated heterocycles. The lowest BCUT2D eigenvalue weighted by Gasteiger charge is -2.25. The molecule has 0 aliphatic carbocycles. The van der Waals surface area contributed by atoms with Crippen LogP contribution in [0.15, 0.2) is 18.7 Å². The Kier molecular flexibility index (Phi) is 2.75. The third-order valence-corrected chi connectivity index (χ3v) is 2.97. The van der Waals surface area contributed by atoms with Crippen molar-refractivity contribution in [2.75, 3.05) is 13.6 Å². The summed E-state index contributed by atoms with van der Waals surface area (Å²) in [7, 11) is 2.02. The topological polar surface area (TPSA) is 46.4 Å². The van der Waals surface area contributed by atoms with Crippen LogP contribution in [0.25, 0.3) is 6.08 Å². The number of nitrogens with zero attached hydrogens (tertiary/aromatic N) is 2. The van der Waals surface area contributed by atoms with Gasteiger partial charge in [0.15, 0.2) is 0 Å². The second kappa shape index (κ2) is 4.06. The van der Waals surface area contributed by atoms with E-state index in [1.807, 2.05) is 13.1 Å². The van der Waals surface area contributed by atoms with Gasteiger partial charge in [0, 0.05) is 19.2 Å². The summed E-state index contributed by atoms with van der Waals surface area (Å²) in [5, 5.41) is 10.9. The zero-order valence-electron chi connectivity index (χ0n) is 9.27. The van der Waals surface area contributed by atoms with Crippen LogP contribution in [-0.2, 0) is 13.0 Å². The molecule has 1 aromatic carbocycles. The highest BCUT2D eigenvalue weighted by Gasteiger charge is 2.19. The van der Waals surface area contributed by atoms with Crippen LogP contribution in [0, 0.1) is 10.1 Å². The minimum Gasteiger partial charge on any atom is -0.302 e. The van der Waals surface area contributed by atoms with Crippen molar-refractivity contribution in [1.29, 1.82) is 0 Å². The molecule has 0 fully saturated rings. The van der Waals surface area contributed by atoms with E-state index in [0.717, 1.165) is 25.1 Å². The minimum atomic E-state index is -0.341. The summed E-state index contributed by atoms with van der Waals surface area (Å²) in [5.74, 6) is 0. The Morgan fingerprint density at radius 1 is 1.50 bits per heavy atom. The zero-order valence-corrected chi connectivity index (χ0v) is 9.27. The number of rotatable bonds is 2. The van der Waals surface area contributed by atoms with Crippen molar-refractivity contribution in [3.8, 4) is 0 Å². The molecule has 84 valence electrons. The lowest BCUT2D eigenvalue weighted by atomic mass is 9.96. The monoisotopic (exact) mass is 218 g/mol. The van der Waals surface area contributed by atoms with E-state index in [-0.39, 0.29) is 10.6 Å². The van der Waals surface area contributed by atoms with E-state index < -0.39 is 0 Å². The average Bonchev–Trinajstić information content (AvgIpc) is 2.27. The first-order chi connectivity index (χ1) is 7.61. The van der Waals surface area contributed by atoms with Gasteiger partial charge < -0.3 is 4.90 Å². The second-order valence-corrected chi connectivity index (χ2v) is 4.13. The fourth-order valence-electron chi connectivity index (χ4n) is 2.08. The van der Waals surface area contributed by atoms with Gasteiger partial charge in [0.2, 0.25) is 0 Å². The Labute approximate surface area is 94.3 Å². The van der Waals surface area contributed by atoms with Crippen molar-refractivity contribution in [1.82, 2.24) is 4.90 Å². The number of nitro benzene ring substituents is 1. The normalized spacial score (nSPS) is 15.6. The summed E-state index contributed by atoms with van der Waals surface area (Å²) < 4.78 is 0. The number of benzene rings is 1. The fourth-order valence-corrected chi connectivity index (χ4v) is 2.08. The van der Waals surface area contributed by atoms with Crippen LogP contribution >= 0.6 is 0 Å². The Balaban J connectivity index is 2.52. The van der Waals surface area contributed by atoms with Crippen LogP contribution in [0.3, 0.4) is 0 Å². The Hall–Kier alpha value is -1.68. The number of hydrogen-bond donors (Lipinski definition) is 0. The summed E-state index contributed by atoms with van der Waals surface area (Å²) >= 11 is 0. The molecule has 0 saturated carbocycles. The van der Waals surface area contributed by atoms with Gasteiger partial charge in [-0.3, -0.25) is 10.1 Å². The summed E-state index contributed by atoms with van der Waals surface area (Å²) in [6.07, 6.45) is 2.50. The molecular weight excluding hydrogens is 204 g/mol. The van der Waals surface area contributed by atoms with Gasteiger partial charge in [0.25, 0.3) is 5.69 Å². The lowest BCUT2D eigenvalue weighted by Crippen LogP contribution is -2.26. The highest BCUT2D eigenvalue weighted by atomic mass is 16.6. The van der Waals surface area contributed by atoms with Crippen molar-refractivity contribution < 1.29 is 4.92 Å². The highest BCUT2D eigenvalue weighted by molar-refractivity contribution is 5.62. The lowest BCUT2D eigenvalue weighted by molar-refractivity contribution is -0.385. The van der Waals surface area contributed by atoms with Crippen LogP contribution in [0.4, 0.5) is 5.69 Å². The summed E-state index contributed by atoms with van der Waals surface area (Å²) in [4.78, 5) is 12.7. The molecule has 4 nitrogen and oxygen atoms in total. The third kappa shape index (κ3) is 1.84. The maximum absolute atomic E-state index is 10.9. The molecule has 0 N–H and O–H groups in total. The molecule has 0 spiro atoms. The zero-order chi connectivity index (χ0) is 11.7. The van der Waals surface area contributed by atoms with Crippen LogP contribution in [0.1, 0.15) is 16.7 Å². The molecule has 0 amide bonds. The largest absolute Gasteiger partial charge is 0.302 e. The summed E-state index contributed by atoms with van der Waals surface area (Å²) in [6.45, 7) is 5.41. The molecule has 0 bridgehead atoms. The first kappa shape index (κ1) is 10.8. The smallest absolute Gasteiger partial charge is 0.276 e. The van der Waals surface area contributed by atoms with Crippen molar-refractivity contribution >= 4 is 11.8 Å². The van der Waals surface area contributed by atoms with Crippen molar-refractivity contribution in [3.63, 3.8) is 0 Å². The van der Waals surface area contributed by atoms with Gasteiger partial charge in [-0.25, -0.2) is 0 Å². The Morgan fingerprint density at radius 2 is 2.25 bits per heavy atom. The van der Waals surface area contributed by atoms with E-state index in [1.54, 1.807) is 12.1 Å². The molecule has 0 unspecified atom stereocenters. The van der Waals surface area contributed by atoms with Gasteiger partial charge in [0.1, 0.15) is 0 Å². The molecule has 0 aromatic heterocycles. The van der Waals surface area contributed by atoms with Crippen LogP contribution in [-0.4, -0.2) is 23.4 Å². The summed E-state index contributed by atoms with van der Waals surface area (Å²) in [6, 6.07) is 3.58. The number of likely N-dealkylation sites (N-methyl/N-ethyl adjacent to an activating group) is 1. The molecule has 0 radical (unpaired) electrons. The van der Waals surface area contributed by atoms with E-state index >= 15 is 0 Å². The van der Waals surface area contributed by atoms with Gasteiger partial charge in [-0.2, -0.15) is 0 Å². The van der Waals surface area contributed by atoms with Gasteiger partial charge in [-0.15, -0.1) is 0 Å². The van der Waals surface area contributed by atoms with Crippen molar-refractivity contribution in [3.05, 3.63) is 45.5 Å². The molecule has 4 heteroatoms. The number of nitro groups is 1. The molecule has 1 aliphatic heterocycles. The molecule has 2 rings (SSSR count). The fraction of sp³-hybridized carbons (Fsp3) is 0.333. The van der Waals surface area contributed by atoms with E-state index in [2.05, 4.69) is 11.5 Å². The van der Waals surface area contributed by atoms with E-state index in [1.165, 1.54) is 5.56 Å². The van der Waals surface area contributed by atoms with Gasteiger partial charge in [-0.05, 0) is 30.7 Å². The Bertz CT molecular complexity index is 455. The van der Waals surface area contributed by atoms with Crippen molar-refractivity contribution in [2.24, 2.45) is 0 Å². The van der Waals surface area contributed by atoms with Gasteiger partial charge in [-0.1, -0.05) is 12.7 Å². The molecule has 16 heavy (non-hydrogen) atoms. The number of hydrogen-bond acceptors (Lipinski definition) is 3. The van der Waals surface area contributed by atoms with E-state index in [4.69, 9.17) is 0 Å². The molecule has 1 aromatic rings. The average molecular weight is 218 g/mol. The molecule has 0 atom stereocenters. The first-order valence-electron chi connectivity index (χ1n) is 5.23. The standard InChI is InChI=1S/C12H14N2O2/c1-3-9-6-10-4-5-13(2)8-11(10)7-12(9)14(15)16/h3,6-7H,1,4-5,8H2,2H3.